The van der Waals surface area contributed by atoms with Gasteiger partial charge in [0.15, 0.2) is 0 Å². The van der Waals surface area contributed by atoms with Gasteiger partial charge in [0.05, 0.1) is 5.92 Å². The van der Waals surface area contributed by atoms with Crippen LogP contribution in [0.25, 0.3) is 0 Å². The molecule has 0 radical (unpaired) electrons. The molecule has 1 aromatic carbocycles. The summed E-state index contributed by atoms with van der Waals surface area (Å²) < 4.78 is 0. The first kappa shape index (κ1) is 15.2. The Bertz CT molecular complexity index is 605. The zero-order valence-corrected chi connectivity index (χ0v) is 13.2. The van der Waals surface area contributed by atoms with E-state index < -0.39 is 6.03 Å². The molecular weight excluding hydrogens is 302 g/mol. The van der Waals surface area contributed by atoms with Crippen LogP contribution in [0.2, 0.25) is 5.02 Å². The minimum absolute atomic E-state index is 0.122. The number of hydrogen-bond acceptors (Lipinski definition) is 2. The average molecular weight is 322 g/mol. The van der Waals surface area contributed by atoms with Crippen LogP contribution in [0.1, 0.15) is 24.0 Å². The lowest BCUT2D eigenvalue weighted by atomic mass is 9.94. The maximum atomic E-state index is 12.7. The van der Waals surface area contributed by atoms with Gasteiger partial charge in [-0.3, -0.25) is 4.79 Å². The van der Waals surface area contributed by atoms with Crippen molar-refractivity contribution in [2.24, 2.45) is 11.7 Å². The lowest BCUT2D eigenvalue weighted by Gasteiger charge is -2.36. The number of piperidine rings is 1. The predicted octanol–water partition coefficient (Wildman–Crippen LogP) is 2.02. The molecule has 0 bridgehead atoms. The Morgan fingerprint density at radius 2 is 2.05 bits per heavy atom. The number of primary amides is 1. The molecule has 3 amide bonds. The van der Waals surface area contributed by atoms with Crippen LogP contribution in [0.15, 0.2) is 18.2 Å². The molecule has 0 aliphatic carbocycles. The molecule has 2 N–H and O–H groups in total. The van der Waals surface area contributed by atoms with Crippen LogP contribution in [0.5, 0.6) is 0 Å². The smallest absolute Gasteiger partial charge is 0.314 e. The second-order valence-corrected chi connectivity index (χ2v) is 6.42. The van der Waals surface area contributed by atoms with E-state index in [1.807, 2.05) is 23.1 Å². The SMILES string of the molecule is NC(=O)N1CCCC(C(=O)N2CCc3c(Cl)cccc3C2)C1. The van der Waals surface area contributed by atoms with Crippen molar-refractivity contribution in [3.8, 4) is 0 Å². The van der Waals surface area contributed by atoms with Crippen molar-refractivity contribution in [1.29, 1.82) is 0 Å². The fraction of sp³-hybridized carbons (Fsp3) is 0.500. The monoisotopic (exact) mass is 321 g/mol. The summed E-state index contributed by atoms with van der Waals surface area (Å²) >= 11 is 6.21. The number of benzene rings is 1. The normalized spacial score (nSPS) is 21.4. The molecule has 0 saturated carbocycles. The highest BCUT2D eigenvalue weighted by atomic mass is 35.5. The minimum atomic E-state index is -0.437. The molecule has 1 atom stereocenters. The van der Waals surface area contributed by atoms with Crippen LogP contribution in [0.3, 0.4) is 0 Å². The molecule has 22 heavy (non-hydrogen) atoms. The molecule has 1 fully saturated rings. The molecule has 0 spiro atoms. The Balaban J connectivity index is 1.70. The van der Waals surface area contributed by atoms with Crippen LogP contribution in [-0.2, 0) is 17.8 Å². The molecule has 2 aliphatic rings. The third kappa shape index (κ3) is 2.90. The summed E-state index contributed by atoms with van der Waals surface area (Å²) in [4.78, 5) is 27.5. The number of amides is 3. The van der Waals surface area contributed by atoms with Crippen LogP contribution in [0.4, 0.5) is 4.79 Å². The van der Waals surface area contributed by atoms with Crippen molar-refractivity contribution in [3.63, 3.8) is 0 Å². The van der Waals surface area contributed by atoms with Gasteiger partial charge < -0.3 is 15.5 Å². The molecule has 0 aromatic heterocycles. The summed E-state index contributed by atoms with van der Waals surface area (Å²) in [6.07, 6.45) is 2.43. The topological polar surface area (TPSA) is 66.6 Å². The van der Waals surface area contributed by atoms with Crippen molar-refractivity contribution in [2.45, 2.75) is 25.8 Å². The number of hydrogen-bond donors (Lipinski definition) is 1. The molecule has 3 rings (SSSR count). The van der Waals surface area contributed by atoms with E-state index in [9.17, 15) is 9.59 Å². The lowest BCUT2D eigenvalue weighted by molar-refractivity contribution is -0.137. The standard InChI is InChI=1S/C16H20ClN3O2/c17-14-5-1-3-11-9-19(8-6-13(11)14)15(21)12-4-2-7-20(10-12)16(18)22/h1,3,5,12H,2,4,6-10H2,(H2,18,22). The first-order valence-corrected chi connectivity index (χ1v) is 8.03. The Morgan fingerprint density at radius 1 is 1.23 bits per heavy atom. The van der Waals surface area contributed by atoms with E-state index in [1.165, 1.54) is 0 Å². The second kappa shape index (κ2) is 6.16. The minimum Gasteiger partial charge on any atom is -0.351 e. The Labute approximate surface area is 135 Å². The van der Waals surface area contributed by atoms with Crippen molar-refractivity contribution in [2.75, 3.05) is 19.6 Å². The summed E-state index contributed by atoms with van der Waals surface area (Å²) in [7, 11) is 0. The first-order valence-electron chi connectivity index (χ1n) is 7.65. The Kier molecular flexibility index (Phi) is 4.25. The highest BCUT2D eigenvalue weighted by Crippen LogP contribution is 2.28. The van der Waals surface area contributed by atoms with Gasteiger partial charge in [0.25, 0.3) is 0 Å². The van der Waals surface area contributed by atoms with Gasteiger partial charge in [-0.25, -0.2) is 4.79 Å². The van der Waals surface area contributed by atoms with E-state index in [0.29, 0.717) is 26.2 Å². The number of carbonyl (C=O) groups excluding carboxylic acids is 2. The molecule has 2 aliphatic heterocycles. The average Bonchev–Trinajstić information content (AvgIpc) is 2.54. The van der Waals surface area contributed by atoms with Gasteiger partial charge in [0.1, 0.15) is 0 Å². The second-order valence-electron chi connectivity index (χ2n) is 6.01. The maximum absolute atomic E-state index is 12.7. The van der Waals surface area contributed by atoms with E-state index in [-0.39, 0.29) is 11.8 Å². The zero-order valence-electron chi connectivity index (χ0n) is 12.4. The van der Waals surface area contributed by atoms with Crippen molar-refractivity contribution in [1.82, 2.24) is 9.80 Å². The zero-order chi connectivity index (χ0) is 15.7. The number of nitrogens with zero attached hydrogens (tertiary/aromatic N) is 2. The third-order valence-corrected chi connectivity index (χ3v) is 4.96. The maximum Gasteiger partial charge on any atom is 0.314 e. The fourth-order valence-electron chi connectivity index (χ4n) is 3.39. The van der Waals surface area contributed by atoms with E-state index in [1.54, 1.807) is 4.90 Å². The van der Waals surface area contributed by atoms with E-state index in [0.717, 1.165) is 35.4 Å². The summed E-state index contributed by atoms with van der Waals surface area (Å²) in [5, 5.41) is 0.780. The molecule has 6 heteroatoms. The van der Waals surface area contributed by atoms with Crippen molar-refractivity contribution >= 4 is 23.5 Å². The number of nitrogens with two attached hydrogens (primary N) is 1. The van der Waals surface area contributed by atoms with Gasteiger partial charge in [-0.05, 0) is 36.5 Å². The molecule has 1 saturated heterocycles. The van der Waals surface area contributed by atoms with Crippen LogP contribution < -0.4 is 5.73 Å². The predicted molar refractivity (Wildman–Crippen MR) is 84.5 cm³/mol. The lowest BCUT2D eigenvalue weighted by Crippen LogP contribution is -2.49. The molecule has 1 aromatic rings. The van der Waals surface area contributed by atoms with E-state index in [4.69, 9.17) is 17.3 Å². The Morgan fingerprint density at radius 3 is 2.82 bits per heavy atom. The number of likely N-dealkylation sites (tertiary alicyclic amines) is 1. The number of carbonyl (C=O) groups is 2. The molecule has 5 nitrogen and oxygen atoms in total. The van der Waals surface area contributed by atoms with Gasteiger partial charge in [0, 0.05) is 31.2 Å². The highest BCUT2D eigenvalue weighted by Gasteiger charge is 2.32. The van der Waals surface area contributed by atoms with Crippen molar-refractivity contribution in [3.05, 3.63) is 34.3 Å². The van der Waals surface area contributed by atoms with Crippen LogP contribution in [-0.4, -0.2) is 41.4 Å². The van der Waals surface area contributed by atoms with Gasteiger partial charge in [-0.1, -0.05) is 23.7 Å². The first-order chi connectivity index (χ1) is 10.6. The number of fused-ring (bicyclic) bond motifs is 1. The van der Waals surface area contributed by atoms with Gasteiger partial charge in [0.2, 0.25) is 5.91 Å². The highest BCUT2D eigenvalue weighted by molar-refractivity contribution is 6.31. The van der Waals surface area contributed by atoms with Crippen molar-refractivity contribution < 1.29 is 9.59 Å². The molecule has 1 unspecified atom stereocenters. The molecule has 2 heterocycles. The molecule has 118 valence electrons. The Hall–Kier alpha value is -1.75. The fourth-order valence-corrected chi connectivity index (χ4v) is 3.68. The van der Waals surface area contributed by atoms with Gasteiger partial charge in [-0.2, -0.15) is 0 Å². The largest absolute Gasteiger partial charge is 0.351 e. The number of urea groups is 1. The summed E-state index contributed by atoms with van der Waals surface area (Å²) in [6.45, 7) is 2.37. The third-order valence-electron chi connectivity index (χ3n) is 4.60. The van der Waals surface area contributed by atoms with Crippen LogP contribution >= 0.6 is 11.6 Å². The number of rotatable bonds is 1. The van der Waals surface area contributed by atoms with Gasteiger partial charge >= 0.3 is 6.03 Å². The quantitative estimate of drug-likeness (QED) is 0.860. The van der Waals surface area contributed by atoms with E-state index in [2.05, 4.69) is 0 Å². The van der Waals surface area contributed by atoms with Crippen LogP contribution in [0, 0.1) is 5.92 Å². The number of halogens is 1. The van der Waals surface area contributed by atoms with E-state index >= 15 is 0 Å². The van der Waals surface area contributed by atoms with Gasteiger partial charge in [-0.15, -0.1) is 0 Å². The summed E-state index contributed by atoms with van der Waals surface area (Å²) in [5.74, 6) is -0.0152. The molecular formula is C16H20ClN3O2. The summed E-state index contributed by atoms with van der Waals surface area (Å²) in [5.41, 5.74) is 7.60. The summed E-state index contributed by atoms with van der Waals surface area (Å²) in [6, 6.07) is 5.40.